The third-order valence-electron chi connectivity index (χ3n) is 4.49. The molecule has 26 heavy (non-hydrogen) atoms. The first-order valence-corrected chi connectivity index (χ1v) is 11.6. The molecule has 6 heteroatoms. The molecule has 0 N–H and O–H groups in total. The largest absolute Gasteiger partial charge is 1.00 e. The summed E-state index contributed by atoms with van der Waals surface area (Å²) in [6.07, 6.45) is 21.0. The molecule has 0 rings (SSSR count). The summed E-state index contributed by atoms with van der Waals surface area (Å²) in [6, 6.07) is 0. The zero-order chi connectivity index (χ0) is 18.8. The van der Waals surface area contributed by atoms with E-state index in [0.29, 0.717) is 0 Å². The summed E-state index contributed by atoms with van der Waals surface area (Å²) in [6.45, 7) is 4.36. The van der Waals surface area contributed by atoms with Gasteiger partial charge in [0.05, 0.1) is 6.61 Å². The van der Waals surface area contributed by atoms with Crippen LogP contribution in [0.4, 0.5) is 0 Å². The van der Waals surface area contributed by atoms with Crippen molar-refractivity contribution < 1.29 is 68.5 Å². The Morgan fingerprint density at radius 3 is 1.85 bits per heavy atom. The summed E-state index contributed by atoms with van der Waals surface area (Å²) in [5.41, 5.74) is 0. The molecule has 0 aliphatic carbocycles. The third-order valence-corrected chi connectivity index (χ3v) is 4.91. The van der Waals surface area contributed by atoms with Crippen molar-refractivity contribution in [2.75, 3.05) is 6.61 Å². The Hall–Kier alpha value is 1.25. The molecule has 0 bridgehead atoms. The van der Waals surface area contributed by atoms with Crippen molar-refractivity contribution in [1.29, 1.82) is 0 Å². The third kappa shape index (κ3) is 23.3. The van der Waals surface area contributed by atoms with Crippen LogP contribution < -0.4 is 51.4 Å². The predicted octanol–water partition coefficient (Wildman–Crippen LogP) is 3.14. The van der Waals surface area contributed by atoms with Gasteiger partial charge in [0, 0.05) is 5.92 Å². The number of hydrogen-bond acceptors (Lipinski definition) is 4. The fourth-order valence-electron chi connectivity index (χ4n) is 2.91. The Morgan fingerprint density at radius 2 is 1.35 bits per heavy atom. The maximum atomic E-state index is 10.7. The quantitative estimate of drug-likeness (QED) is 0.114. The van der Waals surface area contributed by atoms with E-state index < -0.39 is 10.4 Å². The predicted molar refractivity (Wildman–Crippen MR) is 104 cm³/mol. The molecule has 0 heterocycles. The average molecular weight is 415 g/mol. The molecule has 0 amide bonds. The van der Waals surface area contributed by atoms with E-state index in [1.54, 1.807) is 0 Å². The van der Waals surface area contributed by atoms with E-state index in [9.17, 15) is 13.0 Å². The molecule has 1 atom stereocenters. The molecule has 0 saturated heterocycles. The average Bonchev–Trinajstić information content (AvgIpc) is 2.56. The van der Waals surface area contributed by atoms with Crippen LogP contribution in [0, 0.1) is 5.92 Å². The minimum absolute atomic E-state index is 0. The van der Waals surface area contributed by atoms with E-state index in [2.05, 4.69) is 24.1 Å². The second-order valence-electron chi connectivity index (χ2n) is 6.99. The van der Waals surface area contributed by atoms with E-state index in [-0.39, 0.29) is 63.9 Å². The number of unbranched alkanes of at least 4 members (excludes halogenated alkanes) is 11. The van der Waals surface area contributed by atoms with Crippen molar-refractivity contribution in [2.24, 2.45) is 5.92 Å². The van der Waals surface area contributed by atoms with Crippen LogP contribution in [0.25, 0.3) is 0 Å². The number of hydrogen-bond donors (Lipinski definition) is 0. The second kappa shape index (κ2) is 21.0. The molecule has 0 aromatic heterocycles. The molecule has 0 fully saturated rings. The molecule has 0 saturated carbocycles. The van der Waals surface area contributed by atoms with Gasteiger partial charge in [-0.1, -0.05) is 103 Å². The maximum Gasteiger partial charge on any atom is 1.00 e. The van der Waals surface area contributed by atoms with Gasteiger partial charge in [-0.25, -0.2) is 8.42 Å². The SMILES string of the molecule is CCCC/C=C/C(CCCCCCCCCCCC)COS(=O)(=O)[O-].[K+]. The molecule has 0 aliphatic rings. The Bertz CT molecular complexity index is 410. The van der Waals surface area contributed by atoms with Gasteiger partial charge in [-0.2, -0.15) is 0 Å². The molecule has 150 valence electrons. The summed E-state index contributed by atoms with van der Waals surface area (Å²) < 4.78 is 36.4. The van der Waals surface area contributed by atoms with Gasteiger partial charge in [-0.05, 0) is 12.8 Å². The van der Waals surface area contributed by atoms with E-state index in [0.717, 1.165) is 32.1 Å². The van der Waals surface area contributed by atoms with Crippen molar-refractivity contribution in [3.8, 4) is 0 Å². The summed E-state index contributed by atoms with van der Waals surface area (Å²) in [4.78, 5) is 0. The summed E-state index contributed by atoms with van der Waals surface area (Å²) >= 11 is 0. The zero-order valence-electron chi connectivity index (χ0n) is 17.4. The van der Waals surface area contributed by atoms with Crippen LogP contribution in [0.1, 0.15) is 104 Å². The van der Waals surface area contributed by atoms with Crippen LogP contribution in [-0.2, 0) is 14.6 Å². The smallest absolute Gasteiger partial charge is 0.726 e. The van der Waals surface area contributed by atoms with Crippen LogP contribution in [0.5, 0.6) is 0 Å². The molecule has 0 radical (unpaired) electrons. The van der Waals surface area contributed by atoms with Gasteiger partial charge in [0.25, 0.3) is 0 Å². The van der Waals surface area contributed by atoms with Gasteiger partial charge in [-0.15, -0.1) is 0 Å². The van der Waals surface area contributed by atoms with Crippen LogP contribution in [0.15, 0.2) is 12.2 Å². The second-order valence-corrected chi connectivity index (χ2v) is 8.05. The van der Waals surface area contributed by atoms with Crippen LogP contribution >= 0.6 is 0 Å². The summed E-state index contributed by atoms with van der Waals surface area (Å²) in [5, 5.41) is 0. The maximum absolute atomic E-state index is 10.7. The first-order chi connectivity index (χ1) is 12.0. The fraction of sp³-hybridized carbons (Fsp3) is 0.900. The number of rotatable bonds is 18. The van der Waals surface area contributed by atoms with Gasteiger partial charge in [0.2, 0.25) is 10.4 Å². The minimum atomic E-state index is -4.59. The Balaban J connectivity index is 0. The van der Waals surface area contributed by atoms with E-state index >= 15 is 0 Å². The van der Waals surface area contributed by atoms with Gasteiger partial charge >= 0.3 is 51.4 Å². The van der Waals surface area contributed by atoms with Crippen LogP contribution in [0.3, 0.4) is 0 Å². The molecule has 0 aromatic rings. The van der Waals surface area contributed by atoms with Crippen LogP contribution in [0.2, 0.25) is 0 Å². The summed E-state index contributed by atoms with van der Waals surface area (Å²) in [5.74, 6) is 0.0228. The molecule has 0 spiro atoms. The fourth-order valence-corrected chi connectivity index (χ4v) is 3.25. The van der Waals surface area contributed by atoms with Gasteiger partial charge in [0.1, 0.15) is 0 Å². The Kier molecular flexibility index (Phi) is 23.7. The zero-order valence-corrected chi connectivity index (χ0v) is 21.3. The monoisotopic (exact) mass is 414 g/mol. The van der Waals surface area contributed by atoms with Crippen molar-refractivity contribution in [3.63, 3.8) is 0 Å². The topological polar surface area (TPSA) is 66.4 Å². The first-order valence-electron chi connectivity index (χ1n) is 10.3. The van der Waals surface area contributed by atoms with Crippen molar-refractivity contribution in [2.45, 2.75) is 104 Å². The molecule has 1 unspecified atom stereocenters. The van der Waals surface area contributed by atoms with E-state index in [1.807, 2.05) is 6.08 Å². The Morgan fingerprint density at radius 1 is 0.846 bits per heavy atom. The summed E-state index contributed by atoms with van der Waals surface area (Å²) in [7, 11) is -4.59. The molecular formula is C20H39KO4S. The molecular weight excluding hydrogens is 375 g/mol. The Labute approximate surface area is 205 Å². The van der Waals surface area contributed by atoms with E-state index in [1.165, 1.54) is 57.8 Å². The molecule has 0 aliphatic heterocycles. The van der Waals surface area contributed by atoms with Gasteiger partial charge in [-0.3, -0.25) is 4.18 Å². The molecule has 0 aromatic carbocycles. The van der Waals surface area contributed by atoms with Gasteiger partial charge < -0.3 is 4.55 Å². The standard InChI is InChI=1S/C20H40O4S.K/c1-3-5-7-9-10-11-12-13-14-16-18-20(17-15-8-6-4-2)19-24-25(21,22)23;/h15,17,20H,3-14,16,18-19H2,1-2H3,(H,21,22,23);/q;+1/p-1/b17-15+;. The van der Waals surface area contributed by atoms with Crippen molar-refractivity contribution in [3.05, 3.63) is 12.2 Å². The van der Waals surface area contributed by atoms with E-state index in [4.69, 9.17) is 0 Å². The molecule has 4 nitrogen and oxygen atoms in total. The van der Waals surface area contributed by atoms with Crippen molar-refractivity contribution in [1.82, 2.24) is 0 Å². The van der Waals surface area contributed by atoms with Crippen molar-refractivity contribution >= 4 is 10.4 Å². The van der Waals surface area contributed by atoms with Crippen LogP contribution in [-0.4, -0.2) is 19.6 Å². The number of allylic oxidation sites excluding steroid dienone is 1. The normalized spacial score (nSPS) is 13.0. The minimum Gasteiger partial charge on any atom is -0.726 e. The first kappa shape index (κ1) is 29.4. The van der Waals surface area contributed by atoms with Gasteiger partial charge in [0.15, 0.2) is 0 Å².